The molecule has 6 nitrogen and oxygen atoms in total. The summed E-state index contributed by atoms with van der Waals surface area (Å²) in [7, 11) is 0. The Hall–Kier alpha value is -2.81. The molecule has 0 fully saturated rings. The number of nitrogens with one attached hydrogen (secondary N) is 2. The first-order chi connectivity index (χ1) is 10.3. The summed E-state index contributed by atoms with van der Waals surface area (Å²) in [5.74, 6) is -1.82. The van der Waals surface area contributed by atoms with Crippen LogP contribution in [0.3, 0.4) is 0 Å². The van der Waals surface area contributed by atoms with E-state index in [1.165, 1.54) is 0 Å². The molecule has 0 heterocycles. The Balaban J connectivity index is 2.80. The number of benzene rings is 1. The van der Waals surface area contributed by atoms with E-state index in [4.69, 9.17) is 10.4 Å². The minimum Gasteiger partial charge on any atom is -0.480 e. The summed E-state index contributed by atoms with van der Waals surface area (Å²) in [5, 5.41) is 23.3. The summed E-state index contributed by atoms with van der Waals surface area (Å²) in [6, 6.07) is 8.02. The normalized spacial score (nSPS) is 12.4. The smallest absolute Gasteiger partial charge is 0.326 e. The second-order valence-corrected chi connectivity index (χ2v) is 5.22. The van der Waals surface area contributed by atoms with Crippen LogP contribution in [0.15, 0.2) is 36.0 Å². The first kappa shape index (κ1) is 17.2. The molecule has 1 amide bonds. The SMILES string of the molecule is Cc1ccc(NC(=O)/C(C#N)=C\NC(C(=O)O)C(C)C)cc1. The molecule has 116 valence electrons. The molecular formula is C16H19N3O3. The maximum atomic E-state index is 12.0. The number of aliphatic carboxylic acids is 1. The van der Waals surface area contributed by atoms with Crippen LogP contribution in [0.5, 0.6) is 0 Å². The van der Waals surface area contributed by atoms with Gasteiger partial charge < -0.3 is 15.7 Å². The quantitative estimate of drug-likeness (QED) is 0.551. The van der Waals surface area contributed by atoms with E-state index >= 15 is 0 Å². The molecule has 0 saturated carbocycles. The van der Waals surface area contributed by atoms with Gasteiger partial charge in [-0.05, 0) is 25.0 Å². The van der Waals surface area contributed by atoms with Crippen molar-refractivity contribution in [2.24, 2.45) is 5.92 Å². The monoisotopic (exact) mass is 301 g/mol. The van der Waals surface area contributed by atoms with Crippen molar-refractivity contribution in [2.45, 2.75) is 26.8 Å². The maximum Gasteiger partial charge on any atom is 0.326 e. The number of carbonyl (C=O) groups excluding carboxylic acids is 1. The third-order valence-corrected chi connectivity index (χ3v) is 3.01. The Bertz CT molecular complexity index is 613. The van der Waals surface area contributed by atoms with Gasteiger partial charge in [-0.25, -0.2) is 4.79 Å². The second-order valence-electron chi connectivity index (χ2n) is 5.22. The molecule has 0 aliphatic rings. The first-order valence-electron chi connectivity index (χ1n) is 6.82. The summed E-state index contributed by atoms with van der Waals surface area (Å²) in [5.41, 5.74) is 1.43. The molecule has 3 N–H and O–H groups in total. The zero-order chi connectivity index (χ0) is 16.7. The molecule has 0 aromatic heterocycles. The van der Waals surface area contributed by atoms with Crippen molar-refractivity contribution >= 4 is 17.6 Å². The van der Waals surface area contributed by atoms with Crippen molar-refractivity contribution in [2.75, 3.05) is 5.32 Å². The fourth-order valence-electron chi connectivity index (χ4n) is 1.71. The maximum absolute atomic E-state index is 12.0. The van der Waals surface area contributed by atoms with Crippen molar-refractivity contribution in [3.8, 4) is 6.07 Å². The van der Waals surface area contributed by atoms with Gasteiger partial charge >= 0.3 is 5.97 Å². The van der Waals surface area contributed by atoms with E-state index in [1.54, 1.807) is 32.0 Å². The lowest BCUT2D eigenvalue weighted by atomic mass is 10.1. The number of amides is 1. The highest BCUT2D eigenvalue weighted by atomic mass is 16.4. The van der Waals surface area contributed by atoms with Gasteiger partial charge in [0, 0.05) is 11.9 Å². The van der Waals surface area contributed by atoms with Crippen molar-refractivity contribution < 1.29 is 14.7 Å². The Morgan fingerprint density at radius 3 is 2.32 bits per heavy atom. The van der Waals surface area contributed by atoms with Crippen LogP contribution >= 0.6 is 0 Å². The van der Waals surface area contributed by atoms with Crippen LogP contribution in [0.1, 0.15) is 19.4 Å². The Morgan fingerprint density at radius 2 is 1.86 bits per heavy atom. The van der Waals surface area contributed by atoms with Gasteiger partial charge in [0.2, 0.25) is 0 Å². The number of nitriles is 1. The van der Waals surface area contributed by atoms with E-state index in [-0.39, 0.29) is 11.5 Å². The van der Waals surface area contributed by atoms with Crippen LogP contribution < -0.4 is 10.6 Å². The molecule has 0 radical (unpaired) electrons. The van der Waals surface area contributed by atoms with Crippen LogP contribution in [0.4, 0.5) is 5.69 Å². The van der Waals surface area contributed by atoms with Crippen LogP contribution in [-0.2, 0) is 9.59 Å². The number of nitrogens with zero attached hydrogens (tertiary/aromatic N) is 1. The Labute approximate surface area is 129 Å². The molecule has 0 spiro atoms. The lowest BCUT2D eigenvalue weighted by Gasteiger charge is -2.16. The molecule has 0 aliphatic carbocycles. The van der Waals surface area contributed by atoms with Gasteiger partial charge in [0.1, 0.15) is 17.7 Å². The number of hydrogen-bond donors (Lipinski definition) is 3. The molecule has 22 heavy (non-hydrogen) atoms. The van der Waals surface area contributed by atoms with Crippen LogP contribution in [-0.4, -0.2) is 23.0 Å². The van der Waals surface area contributed by atoms with Crippen LogP contribution in [0.25, 0.3) is 0 Å². The molecule has 0 saturated heterocycles. The van der Waals surface area contributed by atoms with E-state index in [2.05, 4.69) is 10.6 Å². The molecule has 6 heteroatoms. The number of hydrogen-bond acceptors (Lipinski definition) is 4. The van der Waals surface area contributed by atoms with Crippen LogP contribution in [0, 0.1) is 24.2 Å². The predicted octanol–water partition coefficient (Wildman–Crippen LogP) is 2.04. The van der Waals surface area contributed by atoms with Crippen molar-refractivity contribution in [1.82, 2.24) is 5.32 Å². The highest BCUT2D eigenvalue weighted by molar-refractivity contribution is 6.06. The number of carboxylic acid groups (broad SMARTS) is 1. The summed E-state index contributed by atoms with van der Waals surface area (Å²) in [4.78, 5) is 23.1. The van der Waals surface area contributed by atoms with Gasteiger partial charge in [0.05, 0.1) is 0 Å². The first-order valence-corrected chi connectivity index (χ1v) is 6.82. The highest BCUT2D eigenvalue weighted by Gasteiger charge is 2.20. The minimum absolute atomic E-state index is 0.186. The number of rotatable bonds is 6. The molecular weight excluding hydrogens is 282 g/mol. The average molecular weight is 301 g/mol. The lowest BCUT2D eigenvalue weighted by molar-refractivity contribution is -0.140. The molecule has 1 aromatic rings. The molecule has 0 aliphatic heterocycles. The predicted molar refractivity (Wildman–Crippen MR) is 82.9 cm³/mol. The lowest BCUT2D eigenvalue weighted by Crippen LogP contribution is -2.38. The Kier molecular flexibility index (Phi) is 6.14. The van der Waals surface area contributed by atoms with Crippen LogP contribution in [0.2, 0.25) is 0 Å². The molecule has 1 atom stereocenters. The van der Waals surface area contributed by atoms with Crippen molar-refractivity contribution in [3.63, 3.8) is 0 Å². The van der Waals surface area contributed by atoms with E-state index in [1.807, 2.05) is 19.1 Å². The summed E-state index contributed by atoms with van der Waals surface area (Å²) < 4.78 is 0. The fourth-order valence-corrected chi connectivity index (χ4v) is 1.71. The molecule has 1 rings (SSSR count). The zero-order valence-electron chi connectivity index (χ0n) is 12.8. The second kappa shape index (κ2) is 7.84. The number of anilines is 1. The fraction of sp³-hybridized carbons (Fsp3) is 0.312. The topological polar surface area (TPSA) is 102 Å². The van der Waals surface area contributed by atoms with E-state index in [9.17, 15) is 9.59 Å². The van der Waals surface area contributed by atoms with Gasteiger partial charge in [-0.3, -0.25) is 4.79 Å². The number of carbonyl (C=O) groups is 2. The standard InChI is InChI=1S/C16H19N3O3/c1-10(2)14(16(21)22)18-9-12(8-17)15(20)19-13-6-4-11(3)5-7-13/h4-7,9-10,14,18H,1-3H3,(H,19,20)(H,21,22)/b12-9-. The summed E-state index contributed by atoms with van der Waals surface area (Å²) in [6.45, 7) is 5.39. The van der Waals surface area contributed by atoms with E-state index in [0.29, 0.717) is 5.69 Å². The summed E-state index contributed by atoms with van der Waals surface area (Å²) >= 11 is 0. The van der Waals surface area contributed by atoms with E-state index < -0.39 is 17.9 Å². The van der Waals surface area contributed by atoms with Gasteiger partial charge in [-0.2, -0.15) is 5.26 Å². The molecule has 1 unspecified atom stereocenters. The Morgan fingerprint density at radius 1 is 1.27 bits per heavy atom. The van der Waals surface area contributed by atoms with Gasteiger partial charge in [0.25, 0.3) is 5.91 Å². The largest absolute Gasteiger partial charge is 0.480 e. The minimum atomic E-state index is -1.04. The number of aryl methyl sites for hydroxylation is 1. The highest BCUT2D eigenvalue weighted by Crippen LogP contribution is 2.10. The number of carboxylic acids is 1. The van der Waals surface area contributed by atoms with Gasteiger partial charge in [-0.1, -0.05) is 31.5 Å². The van der Waals surface area contributed by atoms with E-state index in [0.717, 1.165) is 11.8 Å². The van der Waals surface area contributed by atoms with Gasteiger partial charge in [0.15, 0.2) is 0 Å². The third-order valence-electron chi connectivity index (χ3n) is 3.01. The summed E-state index contributed by atoms with van der Waals surface area (Å²) in [6.07, 6.45) is 1.14. The third kappa shape index (κ3) is 4.94. The average Bonchev–Trinajstić information content (AvgIpc) is 2.45. The zero-order valence-corrected chi connectivity index (χ0v) is 12.8. The van der Waals surface area contributed by atoms with Crippen molar-refractivity contribution in [1.29, 1.82) is 5.26 Å². The molecule has 0 bridgehead atoms. The van der Waals surface area contributed by atoms with Gasteiger partial charge in [-0.15, -0.1) is 0 Å². The van der Waals surface area contributed by atoms with Crippen molar-refractivity contribution in [3.05, 3.63) is 41.6 Å². The molecule has 1 aromatic carbocycles.